The van der Waals surface area contributed by atoms with Crippen molar-refractivity contribution >= 4 is 17.7 Å². The Morgan fingerprint density at radius 2 is 1.76 bits per heavy atom. The second-order valence-electron chi connectivity index (χ2n) is 5.55. The Kier molecular flexibility index (Phi) is 8.47. The minimum Gasteiger partial charge on any atom is -0.399 e. The average molecular weight is 345 g/mol. The molecule has 0 heterocycles. The van der Waals surface area contributed by atoms with Gasteiger partial charge in [0.2, 0.25) is 0 Å². The highest BCUT2D eigenvalue weighted by atomic mass is 19.3. The Morgan fingerprint density at radius 3 is 2.24 bits per heavy atom. The van der Waals surface area contributed by atoms with Gasteiger partial charge in [-0.05, 0) is 44.0 Å². The highest BCUT2D eigenvalue weighted by Crippen LogP contribution is 2.18. The maximum absolute atomic E-state index is 11.9. The molecule has 25 heavy (non-hydrogen) atoms. The van der Waals surface area contributed by atoms with Gasteiger partial charge in [0.05, 0.1) is 0 Å². The molecule has 0 unspecified atom stereocenters. The molecule has 0 atom stereocenters. The van der Waals surface area contributed by atoms with Gasteiger partial charge in [0.25, 0.3) is 6.43 Å². The van der Waals surface area contributed by atoms with Gasteiger partial charge in [-0.15, -0.1) is 0 Å². The third-order valence-electron chi connectivity index (χ3n) is 3.47. The number of anilines is 1. The van der Waals surface area contributed by atoms with Crippen molar-refractivity contribution in [2.24, 2.45) is 9.98 Å². The second-order valence-corrected chi connectivity index (χ2v) is 5.55. The summed E-state index contributed by atoms with van der Waals surface area (Å²) in [5.74, 6) is 0.750. The lowest BCUT2D eigenvalue weighted by molar-refractivity contribution is 0.151. The molecule has 0 saturated carbocycles. The van der Waals surface area contributed by atoms with Crippen LogP contribution >= 0.6 is 0 Å². The Bertz CT molecular complexity index is 720. The summed E-state index contributed by atoms with van der Waals surface area (Å²) in [6.45, 7) is 5.90. The molecule has 2 aromatic carbocycles. The van der Waals surface area contributed by atoms with Gasteiger partial charge in [-0.2, -0.15) is 0 Å². The van der Waals surface area contributed by atoms with Crippen molar-refractivity contribution in [3.8, 4) is 0 Å². The zero-order valence-corrected chi connectivity index (χ0v) is 15.1. The fourth-order valence-electron chi connectivity index (χ4n) is 1.97. The third kappa shape index (κ3) is 6.83. The highest BCUT2D eigenvalue weighted by Gasteiger charge is 2.04. The lowest BCUT2D eigenvalue weighted by Crippen LogP contribution is -1.99. The molecular weight excluding hydrogens is 320 g/mol. The van der Waals surface area contributed by atoms with E-state index in [-0.39, 0.29) is 5.56 Å². The topological polar surface area (TPSA) is 50.7 Å². The van der Waals surface area contributed by atoms with Gasteiger partial charge in [0, 0.05) is 30.1 Å². The minimum absolute atomic E-state index is 0.0885. The largest absolute Gasteiger partial charge is 0.399 e. The second kappa shape index (κ2) is 10.3. The molecule has 134 valence electrons. The fourth-order valence-corrected chi connectivity index (χ4v) is 1.97. The summed E-state index contributed by atoms with van der Waals surface area (Å²) in [5.41, 5.74) is 9.71. The van der Waals surface area contributed by atoms with Crippen LogP contribution in [0.25, 0.3) is 0 Å². The van der Waals surface area contributed by atoms with E-state index in [2.05, 4.69) is 9.98 Å². The Balaban J connectivity index is 0.000000271. The van der Waals surface area contributed by atoms with Crippen LogP contribution in [0.5, 0.6) is 0 Å². The standard InChI is InChI=1S/C12H17N3.C8H8F2/c1-4-7-15-12(14-3)10-5-6-11(13)9(2)8-10;1-6-2-4-7(5-3-6)8(9)10/h5-8H,4,13H2,1-3H3;2-5,8H,1H3. The summed E-state index contributed by atoms with van der Waals surface area (Å²) in [6, 6.07) is 12.1. The normalized spacial score (nSPS) is 11.6. The molecule has 2 rings (SSSR count). The minimum atomic E-state index is -2.35. The summed E-state index contributed by atoms with van der Waals surface area (Å²) >= 11 is 0. The molecule has 0 aliphatic carbocycles. The van der Waals surface area contributed by atoms with Crippen LogP contribution < -0.4 is 5.73 Å². The first-order valence-electron chi connectivity index (χ1n) is 8.09. The zero-order valence-electron chi connectivity index (χ0n) is 15.1. The fraction of sp³-hybridized carbons (Fsp3) is 0.300. The Morgan fingerprint density at radius 1 is 1.12 bits per heavy atom. The van der Waals surface area contributed by atoms with E-state index in [1.165, 1.54) is 12.1 Å². The van der Waals surface area contributed by atoms with Crippen molar-refractivity contribution in [2.75, 3.05) is 12.8 Å². The lowest BCUT2D eigenvalue weighted by atomic mass is 10.1. The number of nitrogens with two attached hydrogens (primary N) is 1. The van der Waals surface area contributed by atoms with Crippen LogP contribution in [0.3, 0.4) is 0 Å². The predicted molar refractivity (Wildman–Crippen MR) is 103 cm³/mol. The number of amidine groups is 1. The zero-order chi connectivity index (χ0) is 18.8. The maximum Gasteiger partial charge on any atom is 0.263 e. The maximum atomic E-state index is 11.9. The smallest absolute Gasteiger partial charge is 0.263 e. The van der Waals surface area contributed by atoms with Gasteiger partial charge in [0.15, 0.2) is 5.84 Å². The number of benzene rings is 2. The van der Waals surface area contributed by atoms with E-state index in [4.69, 9.17) is 5.73 Å². The number of hydrogen-bond donors (Lipinski definition) is 1. The summed E-state index contributed by atoms with van der Waals surface area (Å²) in [5, 5.41) is 0. The molecule has 3 nitrogen and oxygen atoms in total. The number of nitrogen functional groups attached to an aromatic ring is 1. The summed E-state index contributed by atoms with van der Waals surface area (Å²) < 4.78 is 23.8. The monoisotopic (exact) mass is 345 g/mol. The lowest BCUT2D eigenvalue weighted by Gasteiger charge is -2.04. The first kappa shape index (κ1) is 20.5. The van der Waals surface area contributed by atoms with Gasteiger partial charge in [-0.25, -0.2) is 13.8 Å². The van der Waals surface area contributed by atoms with Crippen LogP contribution in [0, 0.1) is 13.8 Å². The molecule has 2 N–H and O–H groups in total. The Hall–Kier alpha value is -2.56. The van der Waals surface area contributed by atoms with E-state index in [1.54, 1.807) is 19.2 Å². The molecule has 0 amide bonds. The van der Waals surface area contributed by atoms with Crippen LogP contribution in [-0.4, -0.2) is 19.1 Å². The number of rotatable bonds is 3. The molecule has 5 heteroatoms. The van der Waals surface area contributed by atoms with Crippen molar-refractivity contribution in [2.45, 2.75) is 33.6 Å². The summed E-state index contributed by atoms with van der Waals surface area (Å²) in [7, 11) is 1.74. The van der Waals surface area contributed by atoms with Crippen LogP contribution in [-0.2, 0) is 0 Å². The number of aliphatic imine (C=N–C) groups is 2. The van der Waals surface area contributed by atoms with Gasteiger partial charge in [0.1, 0.15) is 0 Å². The van der Waals surface area contributed by atoms with Gasteiger partial charge >= 0.3 is 0 Å². The molecule has 0 bridgehead atoms. The van der Waals surface area contributed by atoms with Crippen molar-refractivity contribution in [1.82, 2.24) is 0 Å². The van der Waals surface area contributed by atoms with Crippen LogP contribution in [0.1, 0.15) is 42.0 Å². The van der Waals surface area contributed by atoms with Gasteiger partial charge < -0.3 is 5.73 Å². The van der Waals surface area contributed by atoms with Gasteiger partial charge in [-0.3, -0.25) is 4.99 Å². The molecule has 0 fully saturated rings. The van der Waals surface area contributed by atoms with Crippen LogP contribution in [0.2, 0.25) is 0 Å². The average Bonchev–Trinajstić information content (AvgIpc) is 2.59. The molecule has 2 aromatic rings. The number of alkyl halides is 2. The SMILES string of the molecule is CCC=NC(=NC)c1ccc(N)c(C)c1.Cc1ccc(C(F)F)cc1. The number of hydrogen-bond acceptors (Lipinski definition) is 2. The molecule has 0 aliphatic rings. The van der Waals surface area contributed by atoms with Crippen LogP contribution in [0.15, 0.2) is 52.4 Å². The molecule has 0 aliphatic heterocycles. The van der Waals surface area contributed by atoms with E-state index in [0.29, 0.717) is 0 Å². The van der Waals surface area contributed by atoms with E-state index in [1.807, 2.05) is 45.2 Å². The molecule has 0 saturated heterocycles. The van der Waals surface area contributed by atoms with E-state index < -0.39 is 6.43 Å². The summed E-state index contributed by atoms with van der Waals surface area (Å²) in [4.78, 5) is 8.43. The van der Waals surface area contributed by atoms with Crippen molar-refractivity contribution in [3.63, 3.8) is 0 Å². The third-order valence-corrected chi connectivity index (χ3v) is 3.47. The first-order chi connectivity index (χ1) is 11.9. The number of halogens is 2. The quantitative estimate of drug-likeness (QED) is 0.454. The van der Waals surface area contributed by atoms with E-state index in [9.17, 15) is 8.78 Å². The molecule has 0 spiro atoms. The molecule has 0 aromatic heterocycles. The van der Waals surface area contributed by atoms with E-state index >= 15 is 0 Å². The number of nitrogens with zero attached hydrogens (tertiary/aromatic N) is 2. The van der Waals surface area contributed by atoms with Crippen molar-refractivity contribution in [1.29, 1.82) is 0 Å². The number of aryl methyl sites for hydroxylation is 2. The van der Waals surface area contributed by atoms with Crippen molar-refractivity contribution in [3.05, 3.63) is 64.7 Å². The van der Waals surface area contributed by atoms with E-state index in [0.717, 1.165) is 34.6 Å². The summed E-state index contributed by atoms with van der Waals surface area (Å²) in [6.07, 6.45) is 0.418. The van der Waals surface area contributed by atoms with Crippen molar-refractivity contribution < 1.29 is 8.78 Å². The molecular formula is C20H25F2N3. The molecule has 0 radical (unpaired) electrons. The van der Waals surface area contributed by atoms with Crippen LogP contribution in [0.4, 0.5) is 14.5 Å². The highest BCUT2D eigenvalue weighted by molar-refractivity contribution is 6.03. The predicted octanol–water partition coefficient (Wildman–Crippen LogP) is 5.37. The van der Waals surface area contributed by atoms with Gasteiger partial charge in [-0.1, -0.05) is 36.8 Å². The first-order valence-corrected chi connectivity index (χ1v) is 8.09. The Labute approximate surface area is 148 Å².